The molecule has 2 bridgehead atoms. The maximum absolute atomic E-state index is 13.1. The molecule has 6 rings (SSSR count). The minimum atomic E-state index is -0.241. The van der Waals surface area contributed by atoms with Crippen LogP contribution >= 0.6 is 11.6 Å². The number of imide groups is 1. The van der Waals surface area contributed by atoms with E-state index in [-0.39, 0.29) is 48.1 Å². The van der Waals surface area contributed by atoms with E-state index in [0.717, 1.165) is 6.42 Å². The zero-order valence-electron chi connectivity index (χ0n) is 14.3. The van der Waals surface area contributed by atoms with Crippen molar-refractivity contribution in [3.8, 4) is 0 Å². The van der Waals surface area contributed by atoms with E-state index < -0.39 is 0 Å². The Balaban J connectivity index is 1.45. The molecule has 3 fully saturated rings. The Morgan fingerprint density at radius 1 is 1.15 bits per heavy atom. The zero-order valence-corrected chi connectivity index (χ0v) is 15.1. The fraction of sp³-hybridized carbons (Fsp3) is 0.450. The molecule has 5 aliphatic rings. The normalized spacial score (nSPS) is 36.2. The van der Waals surface area contributed by atoms with Crippen LogP contribution in [0.4, 0.5) is 5.69 Å². The van der Waals surface area contributed by atoms with Gasteiger partial charge in [0.15, 0.2) is 0 Å². The second kappa shape index (κ2) is 5.43. The van der Waals surface area contributed by atoms with Crippen molar-refractivity contribution in [1.82, 2.24) is 4.90 Å². The highest BCUT2D eigenvalue weighted by atomic mass is 35.5. The van der Waals surface area contributed by atoms with Crippen LogP contribution in [-0.4, -0.2) is 29.3 Å². The molecule has 0 radical (unpaired) electrons. The number of likely N-dealkylation sites (tertiary alicyclic amines) is 1. The van der Waals surface area contributed by atoms with Crippen molar-refractivity contribution in [2.45, 2.75) is 13.3 Å². The number of rotatable bonds is 3. The molecule has 0 unspecified atom stereocenters. The number of hydrogen-bond acceptors (Lipinski definition) is 3. The van der Waals surface area contributed by atoms with Crippen LogP contribution in [0.25, 0.3) is 0 Å². The van der Waals surface area contributed by atoms with Gasteiger partial charge in [-0.3, -0.25) is 24.2 Å². The summed E-state index contributed by atoms with van der Waals surface area (Å²) in [7, 11) is 0. The first-order valence-corrected chi connectivity index (χ1v) is 9.42. The smallest absolute Gasteiger partial charge is 0.235 e. The molecule has 0 N–H and O–H groups in total. The molecule has 0 aromatic heterocycles. The van der Waals surface area contributed by atoms with Crippen molar-refractivity contribution < 1.29 is 14.4 Å². The Hall–Kier alpha value is -2.14. The summed E-state index contributed by atoms with van der Waals surface area (Å²) in [4.78, 5) is 41.1. The Kier molecular flexibility index (Phi) is 3.35. The monoisotopic (exact) mass is 370 g/mol. The highest BCUT2D eigenvalue weighted by molar-refractivity contribution is 6.30. The molecule has 1 aliphatic heterocycles. The number of benzene rings is 1. The van der Waals surface area contributed by atoms with E-state index in [9.17, 15) is 14.4 Å². The minimum Gasteiger partial charge on any atom is -0.294 e. The molecule has 1 aromatic carbocycles. The Labute approximate surface area is 156 Å². The fourth-order valence-corrected chi connectivity index (χ4v) is 5.49. The third-order valence-corrected chi connectivity index (χ3v) is 6.77. The molecule has 1 aromatic rings. The van der Waals surface area contributed by atoms with Gasteiger partial charge < -0.3 is 0 Å². The van der Waals surface area contributed by atoms with Crippen LogP contribution in [0.2, 0.25) is 5.02 Å². The fourth-order valence-electron chi connectivity index (χ4n) is 5.31. The maximum Gasteiger partial charge on any atom is 0.235 e. The van der Waals surface area contributed by atoms with E-state index in [4.69, 9.17) is 11.6 Å². The van der Waals surface area contributed by atoms with Gasteiger partial charge in [0, 0.05) is 17.6 Å². The van der Waals surface area contributed by atoms with Crippen LogP contribution in [0.1, 0.15) is 13.3 Å². The van der Waals surface area contributed by atoms with Gasteiger partial charge in [0.1, 0.15) is 6.67 Å². The van der Waals surface area contributed by atoms with Crippen molar-refractivity contribution in [3.63, 3.8) is 0 Å². The molecule has 2 saturated carbocycles. The maximum atomic E-state index is 13.1. The Morgan fingerprint density at radius 3 is 2.31 bits per heavy atom. The van der Waals surface area contributed by atoms with Gasteiger partial charge >= 0.3 is 0 Å². The number of amides is 3. The zero-order chi connectivity index (χ0) is 18.2. The standard InChI is InChI=1S/C20H19ClN2O3/c1-10(24)22(12-4-2-3-11(21)7-12)9-23-19(25)17-13-5-6-14(16-8-15(13)16)18(17)20(23)26/h2-7,13-18H,8-9H2,1H3/t13-,14-,15-,16-,17+,18+/m1/s1. The molecule has 0 spiro atoms. The van der Waals surface area contributed by atoms with Crippen LogP contribution in [0.15, 0.2) is 36.4 Å². The summed E-state index contributed by atoms with van der Waals surface area (Å²) in [6.07, 6.45) is 5.43. The van der Waals surface area contributed by atoms with Crippen molar-refractivity contribution >= 4 is 35.0 Å². The lowest BCUT2D eigenvalue weighted by atomic mass is 9.63. The van der Waals surface area contributed by atoms with Gasteiger partial charge in [-0.05, 0) is 48.3 Å². The molecule has 4 aliphatic carbocycles. The molecule has 5 nitrogen and oxygen atoms in total. The summed E-state index contributed by atoms with van der Waals surface area (Å²) >= 11 is 6.04. The van der Waals surface area contributed by atoms with Gasteiger partial charge in [0.25, 0.3) is 0 Å². The summed E-state index contributed by atoms with van der Waals surface area (Å²) in [6.45, 7) is 1.38. The summed E-state index contributed by atoms with van der Waals surface area (Å²) < 4.78 is 0. The van der Waals surface area contributed by atoms with Gasteiger partial charge in [-0.2, -0.15) is 0 Å². The first-order valence-electron chi connectivity index (χ1n) is 9.04. The van der Waals surface area contributed by atoms with Crippen molar-refractivity contribution in [3.05, 3.63) is 41.4 Å². The summed E-state index contributed by atoms with van der Waals surface area (Å²) in [5.74, 6) is 0.549. The quantitative estimate of drug-likeness (QED) is 0.607. The minimum absolute atomic E-state index is 0.0465. The molecular weight excluding hydrogens is 352 g/mol. The molecule has 26 heavy (non-hydrogen) atoms. The van der Waals surface area contributed by atoms with Crippen molar-refractivity contribution in [1.29, 1.82) is 0 Å². The third-order valence-electron chi connectivity index (χ3n) is 6.54. The van der Waals surface area contributed by atoms with Crippen LogP contribution < -0.4 is 4.90 Å². The first kappa shape index (κ1) is 16.1. The number of carbonyl (C=O) groups excluding carboxylic acids is 3. The number of allylic oxidation sites excluding steroid dienone is 2. The largest absolute Gasteiger partial charge is 0.294 e. The number of halogens is 1. The second-order valence-corrected chi connectivity index (χ2v) is 8.26. The number of carbonyl (C=O) groups is 3. The van der Waals surface area contributed by atoms with E-state index >= 15 is 0 Å². The third kappa shape index (κ3) is 2.13. The van der Waals surface area contributed by atoms with Gasteiger partial charge in [-0.25, -0.2) is 0 Å². The Bertz CT molecular complexity index is 830. The molecule has 1 heterocycles. The number of hydrogen-bond donors (Lipinski definition) is 0. The van der Waals surface area contributed by atoms with Crippen LogP contribution in [-0.2, 0) is 14.4 Å². The van der Waals surface area contributed by atoms with Gasteiger partial charge in [-0.1, -0.05) is 29.8 Å². The Morgan fingerprint density at radius 2 is 1.77 bits per heavy atom. The number of nitrogens with zero attached hydrogens (tertiary/aromatic N) is 2. The predicted molar refractivity (Wildman–Crippen MR) is 96.0 cm³/mol. The SMILES string of the molecule is CC(=O)N(CN1C(=O)[C@H]2[C@@H]3C=C[C@H]([C@H]4C[C@H]34)[C@@H]2C1=O)c1cccc(Cl)c1. The molecule has 1 saturated heterocycles. The van der Waals surface area contributed by atoms with Gasteiger partial charge in [0.05, 0.1) is 11.8 Å². The molecule has 134 valence electrons. The van der Waals surface area contributed by atoms with Crippen LogP contribution in [0.5, 0.6) is 0 Å². The second-order valence-electron chi connectivity index (χ2n) is 7.83. The van der Waals surface area contributed by atoms with E-state index in [1.165, 1.54) is 16.7 Å². The van der Waals surface area contributed by atoms with Crippen molar-refractivity contribution in [2.24, 2.45) is 35.5 Å². The van der Waals surface area contributed by atoms with Crippen LogP contribution in [0, 0.1) is 35.5 Å². The number of anilines is 1. The average molecular weight is 371 g/mol. The van der Waals surface area contributed by atoms with E-state index in [0.29, 0.717) is 22.5 Å². The molecular formula is C20H19ClN2O3. The lowest BCUT2D eigenvalue weighted by molar-refractivity contribution is -0.140. The van der Waals surface area contributed by atoms with E-state index in [1.807, 2.05) is 0 Å². The highest BCUT2D eigenvalue weighted by Gasteiger charge is 2.67. The lowest BCUT2D eigenvalue weighted by Crippen LogP contribution is -2.44. The summed E-state index contributed by atoms with van der Waals surface area (Å²) in [6, 6.07) is 6.89. The van der Waals surface area contributed by atoms with E-state index in [2.05, 4.69) is 12.2 Å². The van der Waals surface area contributed by atoms with Crippen molar-refractivity contribution in [2.75, 3.05) is 11.6 Å². The average Bonchev–Trinajstić information content (AvgIpc) is 3.39. The van der Waals surface area contributed by atoms with Gasteiger partial charge in [0.2, 0.25) is 17.7 Å². The highest BCUT2D eigenvalue weighted by Crippen LogP contribution is 2.65. The summed E-state index contributed by atoms with van der Waals surface area (Å²) in [5.41, 5.74) is 0.587. The first-order chi connectivity index (χ1) is 12.5. The van der Waals surface area contributed by atoms with Gasteiger partial charge in [-0.15, -0.1) is 0 Å². The van der Waals surface area contributed by atoms with Crippen LogP contribution in [0.3, 0.4) is 0 Å². The molecule has 3 amide bonds. The lowest BCUT2D eigenvalue weighted by Gasteiger charge is -2.37. The van der Waals surface area contributed by atoms with E-state index in [1.54, 1.807) is 24.3 Å². The molecule has 6 atom stereocenters. The predicted octanol–water partition coefficient (Wildman–Crippen LogP) is 2.70. The molecule has 6 heteroatoms. The topological polar surface area (TPSA) is 57.7 Å². The summed E-state index contributed by atoms with van der Waals surface area (Å²) in [5, 5.41) is 0.504.